The molecule has 2 atom stereocenters. The van der Waals surface area contributed by atoms with Gasteiger partial charge in [0, 0.05) is 6.61 Å². The van der Waals surface area contributed by atoms with E-state index in [0.29, 0.717) is 23.9 Å². The molecule has 0 heterocycles. The van der Waals surface area contributed by atoms with Crippen molar-refractivity contribution in [3.63, 3.8) is 0 Å². The van der Waals surface area contributed by atoms with Gasteiger partial charge in [-0.3, -0.25) is 0 Å². The number of rotatable bonds is 5. The molecule has 0 radical (unpaired) electrons. The highest BCUT2D eigenvalue weighted by atomic mass is 16.3. The second-order valence-corrected chi connectivity index (χ2v) is 6.50. The minimum Gasteiger partial charge on any atom is -0.396 e. The van der Waals surface area contributed by atoms with Gasteiger partial charge in [-0.05, 0) is 49.6 Å². The molecule has 2 unspecified atom stereocenters. The predicted octanol–water partition coefficient (Wildman–Crippen LogP) is 2.81. The van der Waals surface area contributed by atoms with E-state index in [4.69, 9.17) is 0 Å². The first-order valence-corrected chi connectivity index (χ1v) is 6.84. The van der Waals surface area contributed by atoms with Crippen LogP contribution in [0.15, 0.2) is 0 Å². The van der Waals surface area contributed by atoms with E-state index in [1.165, 1.54) is 32.1 Å². The number of aliphatic hydroxyl groups excluding tert-OH is 1. The van der Waals surface area contributed by atoms with Crippen LogP contribution in [0.2, 0.25) is 0 Å². The summed E-state index contributed by atoms with van der Waals surface area (Å²) in [7, 11) is 0. The number of nitrogens with one attached hydrogen (secondary N) is 1. The normalized spacial score (nSPS) is 27.0. The molecular weight excluding hydrogens is 198 g/mol. The molecule has 1 aliphatic rings. The first-order chi connectivity index (χ1) is 7.53. The maximum Gasteiger partial charge on any atom is 0.0462 e. The molecule has 0 bridgehead atoms. The molecule has 1 saturated carbocycles. The second kappa shape index (κ2) is 6.61. The number of hydrogen-bond donors (Lipinski definition) is 2. The molecule has 0 spiro atoms. The lowest BCUT2D eigenvalue weighted by Crippen LogP contribution is -2.33. The highest BCUT2D eigenvalue weighted by Gasteiger charge is 2.23. The molecule has 1 rings (SSSR count). The molecular formula is C14H29NO. The molecule has 96 valence electrons. The van der Waals surface area contributed by atoms with Gasteiger partial charge in [0.05, 0.1) is 0 Å². The van der Waals surface area contributed by atoms with E-state index >= 15 is 0 Å². The van der Waals surface area contributed by atoms with Gasteiger partial charge in [0.2, 0.25) is 0 Å². The van der Waals surface area contributed by atoms with E-state index in [-0.39, 0.29) is 0 Å². The number of aliphatic hydroxyl groups is 1. The summed E-state index contributed by atoms with van der Waals surface area (Å²) in [5, 5.41) is 12.9. The highest BCUT2D eigenvalue weighted by Crippen LogP contribution is 2.29. The molecule has 0 aliphatic heterocycles. The lowest BCUT2D eigenvalue weighted by molar-refractivity contribution is 0.132. The fourth-order valence-electron chi connectivity index (χ4n) is 2.54. The zero-order valence-corrected chi connectivity index (χ0v) is 11.3. The minimum atomic E-state index is 0.381. The molecule has 2 N–H and O–H groups in total. The fourth-order valence-corrected chi connectivity index (χ4v) is 2.54. The third-order valence-corrected chi connectivity index (χ3v) is 3.76. The Morgan fingerprint density at radius 2 is 1.75 bits per heavy atom. The molecule has 0 aromatic carbocycles. The maximum absolute atomic E-state index is 9.32. The van der Waals surface area contributed by atoms with Crippen molar-refractivity contribution in [1.82, 2.24) is 5.32 Å². The summed E-state index contributed by atoms with van der Waals surface area (Å²) in [5.74, 6) is 1.26. The van der Waals surface area contributed by atoms with Gasteiger partial charge in [-0.25, -0.2) is 0 Å². The van der Waals surface area contributed by atoms with Gasteiger partial charge in [0.1, 0.15) is 0 Å². The average Bonchev–Trinajstić information content (AvgIpc) is 2.23. The molecule has 0 aromatic rings. The molecule has 2 heteroatoms. The zero-order chi connectivity index (χ0) is 12.0. The first kappa shape index (κ1) is 14.0. The third-order valence-electron chi connectivity index (χ3n) is 3.76. The van der Waals surface area contributed by atoms with Crippen molar-refractivity contribution in [1.29, 1.82) is 0 Å². The van der Waals surface area contributed by atoms with Crippen LogP contribution < -0.4 is 5.32 Å². The predicted molar refractivity (Wildman–Crippen MR) is 69.5 cm³/mol. The van der Waals surface area contributed by atoms with Crippen molar-refractivity contribution in [2.24, 2.45) is 17.3 Å². The fraction of sp³-hybridized carbons (Fsp3) is 1.00. The third kappa shape index (κ3) is 5.31. The Morgan fingerprint density at radius 1 is 1.12 bits per heavy atom. The van der Waals surface area contributed by atoms with Crippen LogP contribution in [0.4, 0.5) is 0 Å². The van der Waals surface area contributed by atoms with Crippen LogP contribution >= 0.6 is 0 Å². The van der Waals surface area contributed by atoms with E-state index < -0.39 is 0 Å². The SMILES string of the molecule is CC(C)(C)CCNCC1CCCCC1CO. The molecule has 2 nitrogen and oxygen atoms in total. The molecule has 0 amide bonds. The van der Waals surface area contributed by atoms with Gasteiger partial charge in [0.25, 0.3) is 0 Å². The van der Waals surface area contributed by atoms with E-state index in [1.54, 1.807) is 0 Å². The summed E-state index contributed by atoms with van der Waals surface area (Å²) in [6, 6.07) is 0. The second-order valence-electron chi connectivity index (χ2n) is 6.50. The van der Waals surface area contributed by atoms with Crippen LogP contribution in [0.25, 0.3) is 0 Å². The standard InChI is InChI=1S/C14H29NO/c1-14(2,3)8-9-15-10-12-6-4-5-7-13(12)11-16/h12-13,15-16H,4-11H2,1-3H3. The monoisotopic (exact) mass is 227 g/mol. The van der Waals surface area contributed by atoms with Crippen LogP contribution in [0, 0.1) is 17.3 Å². The van der Waals surface area contributed by atoms with E-state index in [1.807, 2.05) is 0 Å². The summed E-state index contributed by atoms with van der Waals surface area (Å²) in [5.41, 5.74) is 0.427. The highest BCUT2D eigenvalue weighted by molar-refractivity contribution is 4.77. The van der Waals surface area contributed by atoms with Gasteiger partial charge in [-0.2, -0.15) is 0 Å². The maximum atomic E-state index is 9.32. The van der Waals surface area contributed by atoms with Crippen molar-refractivity contribution in [2.45, 2.75) is 52.9 Å². The van der Waals surface area contributed by atoms with Crippen LogP contribution in [-0.2, 0) is 0 Å². The van der Waals surface area contributed by atoms with Crippen molar-refractivity contribution in [3.8, 4) is 0 Å². The Labute approximate surface area is 101 Å². The summed E-state index contributed by atoms with van der Waals surface area (Å²) >= 11 is 0. The van der Waals surface area contributed by atoms with Gasteiger partial charge in [-0.1, -0.05) is 33.6 Å². The zero-order valence-electron chi connectivity index (χ0n) is 11.3. The molecule has 0 saturated heterocycles. The van der Waals surface area contributed by atoms with Crippen molar-refractivity contribution < 1.29 is 5.11 Å². The number of hydrogen-bond acceptors (Lipinski definition) is 2. The van der Waals surface area contributed by atoms with E-state index in [0.717, 1.165) is 13.1 Å². The van der Waals surface area contributed by atoms with Crippen LogP contribution in [0.1, 0.15) is 52.9 Å². The lowest BCUT2D eigenvalue weighted by Gasteiger charge is -2.30. The van der Waals surface area contributed by atoms with Crippen LogP contribution in [-0.4, -0.2) is 24.8 Å². The van der Waals surface area contributed by atoms with Crippen molar-refractivity contribution in [2.75, 3.05) is 19.7 Å². The Balaban J connectivity index is 2.15. The Hall–Kier alpha value is -0.0800. The quantitative estimate of drug-likeness (QED) is 0.708. The van der Waals surface area contributed by atoms with Gasteiger partial charge < -0.3 is 10.4 Å². The average molecular weight is 227 g/mol. The van der Waals surface area contributed by atoms with Crippen molar-refractivity contribution >= 4 is 0 Å². The summed E-state index contributed by atoms with van der Waals surface area (Å²) in [4.78, 5) is 0. The topological polar surface area (TPSA) is 32.3 Å². The van der Waals surface area contributed by atoms with Gasteiger partial charge in [-0.15, -0.1) is 0 Å². The van der Waals surface area contributed by atoms with Gasteiger partial charge >= 0.3 is 0 Å². The summed E-state index contributed by atoms with van der Waals surface area (Å²) in [6.45, 7) is 9.44. The summed E-state index contributed by atoms with van der Waals surface area (Å²) in [6.07, 6.45) is 6.41. The van der Waals surface area contributed by atoms with E-state index in [2.05, 4.69) is 26.1 Å². The van der Waals surface area contributed by atoms with Crippen LogP contribution in [0.3, 0.4) is 0 Å². The summed E-state index contributed by atoms with van der Waals surface area (Å²) < 4.78 is 0. The Morgan fingerprint density at radius 3 is 2.31 bits per heavy atom. The molecule has 16 heavy (non-hydrogen) atoms. The van der Waals surface area contributed by atoms with Crippen molar-refractivity contribution in [3.05, 3.63) is 0 Å². The largest absolute Gasteiger partial charge is 0.396 e. The van der Waals surface area contributed by atoms with E-state index in [9.17, 15) is 5.11 Å². The molecule has 1 aliphatic carbocycles. The minimum absolute atomic E-state index is 0.381. The first-order valence-electron chi connectivity index (χ1n) is 6.84. The van der Waals surface area contributed by atoms with Crippen LogP contribution in [0.5, 0.6) is 0 Å². The smallest absolute Gasteiger partial charge is 0.0462 e. The lowest BCUT2D eigenvalue weighted by atomic mass is 9.79. The molecule has 1 fully saturated rings. The Bertz CT molecular complexity index is 186. The molecule has 0 aromatic heterocycles. The Kier molecular flexibility index (Phi) is 5.77. The van der Waals surface area contributed by atoms with Gasteiger partial charge in [0.15, 0.2) is 0 Å².